The van der Waals surface area contributed by atoms with Crippen LogP contribution in [0.4, 0.5) is 0 Å². The summed E-state index contributed by atoms with van der Waals surface area (Å²) in [4.78, 5) is 0. The molecule has 1 aliphatic rings. The smallest absolute Gasteiger partial charge is 0.161 e. The Morgan fingerprint density at radius 3 is 2.56 bits per heavy atom. The van der Waals surface area contributed by atoms with E-state index in [9.17, 15) is 0 Å². The summed E-state index contributed by atoms with van der Waals surface area (Å²) < 4.78 is 11.3. The topological polar surface area (TPSA) is 44.5 Å². The molecular formula is C13H19NO2. The van der Waals surface area contributed by atoms with Crippen LogP contribution in [0.5, 0.6) is 11.5 Å². The minimum Gasteiger partial charge on any atom is -0.490 e. The Morgan fingerprint density at radius 1 is 1.19 bits per heavy atom. The molecule has 16 heavy (non-hydrogen) atoms. The fraction of sp³-hybridized carbons (Fsp3) is 0.538. The Labute approximate surface area is 96.5 Å². The van der Waals surface area contributed by atoms with Gasteiger partial charge in [0, 0.05) is 18.4 Å². The maximum atomic E-state index is 5.77. The first-order valence-corrected chi connectivity index (χ1v) is 5.74. The summed E-state index contributed by atoms with van der Waals surface area (Å²) >= 11 is 0. The van der Waals surface area contributed by atoms with E-state index in [0.29, 0.717) is 6.54 Å². The van der Waals surface area contributed by atoms with Crippen molar-refractivity contribution in [3.63, 3.8) is 0 Å². The molecule has 3 heteroatoms. The zero-order valence-electron chi connectivity index (χ0n) is 9.95. The molecule has 1 aliphatic heterocycles. The zero-order chi connectivity index (χ0) is 11.6. The van der Waals surface area contributed by atoms with Gasteiger partial charge in [-0.25, -0.2) is 0 Å². The molecule has 0 radical (unpaired) electrons. The highest BCUT2D eigenvalue weighted by molar-refractivity contribution is 5.45. The van der Waals surface area contributed by atoms with E-state index in [4.69, 9.17) is 15.2 Å². The molecular weight excluding hydrogens is 202 g/mol. The normalized spacial score (nSPS) is 15.7. The lowest BCUT2D eigenvalue weighted by molar-refractivity contribution is 0.297. The van der Waals surface area contributed by atoms with Crippen LogP contribution >= 0.6 is 0 Å². The van der Waals surface area contributed by atoms with Crippen LogP contribution in [0.25, 0.3) is 0 Å². The SMILES string of the molecule is CC(C)(CN)c1ccc2c(c1)OCCCO2. The Bertz CT molecular complexity index is 374. The average molecular weight is 221 g/mol. The molecule has 0 aliphatic carbocycles. The van der Waals surface area contributed by atoms with E-state index in [1.807, 2.05) is 12.1 Å². The Balaban J connectivity index is 2.34. The van der Waals surface area contributed by atoms with Crippen molar-refractivity contribution in [2.75, 3.05) is 19.8 Å². The third kappa shape index (κ3) is 2.14. The molecule has 0 saturated heterocycles. The fourth-order valence-corrected chi connectivity index (χ4v) is 1.70. The Hall–Kier alpha value is -1.22. The predicted octanol–water partition coefficient (Wildman–Crippen LogP) is 2.08. The van der Waals surface area contributed by atoms with E-state index in [1.54, 1.807) is 0 Å². The fourth-order valence-electron chi connectivity index (χ4n) is 1.70. The van der Waals surface area contributed by atoms with Gasteiger partial charge in [0.15, 0.2) is 11.5 Å². The number of hydrogen-bond acceptors (Lipinski definition) is 3. The van der Waals surface area contributed by atoms with E-state index in [-0.39, 0.29) is 5.41 Å². The van der Waals surface area contributed by atoms with Crippen LogP contribution in [0.2, 0.25) is 0 Å². The summed E-state index contributed by atoms with van der Waals surface area (Å²) in [7, 11) is 0. The highest BCUT2D eigenvalue weighted by Crippen LogP contribution is 2.34. The van der Waals surface area contributed by atoms with Gasteiger partial charge in [-0.1, -0.05) is 19.9 Å². The molecule has 0 fully saturated rings. The molecule has 88 valence electrons. The van der Waals surface area contributed by atoms with Crippen molar-refractivity contribution in [3.05, 3.63) is 23.8 Å². The lowest BCUT2D eigenvalue weighted by Gasteiger charge is -2.24. The van der Waals surface area contributed by atoms with Crippen LogP contribution in [0.15, 0.2) is 18.2 Å². The Morgan fingerprint density at radius 2 is 1.88 bits per heavy atom. The first kappa shape index (κ1) is 11.3. The number of benzene rings is 1. The van der Waals surface area contributed by atoms with Crippen molar-refractivity contribution < 1.29 is 9.47 Å². The number of hydrogen-bond donors (Lipinski definition) is 1. The number of nitrogens with two attached hydrogens (primary N) is 1. The Kier molecular flexibility index (Phi) is 3.06. The molecule has 0 unspecified atom stereocenters. The summed E-state index contributed by atoms with van der Waals surface area (Å²) in [5, 5.41) is 0. The second kappa shape index (κ2) is 4.34. The summed E-state index contributed by atoms with van der Waals surface area (Å²) in [6.45, 7) is 6.33. The van der Waals surface area contributed by atoms with Gasteiger partial charge in [-0.15, -0.1) is 0 Å². The second-order valence-corrected chi connectivity index (χ2v) is 4.80. The lowest BCUT2D eigenvalue weighted by Crippen LogP contribution is -2.28. The zero-order valence-corrected chi connectivity index (χ0v) is 9.95. The second-order valence-electron chi connectivity index (χ2n) is 4.80. The summed E-state index contributed by atoms with van der Waals surface area (Å²) in [5.74, 6) is 1.69. The molecule has 1 aromatic rings. The largest absolute Gasteiger partial charge is 0.490 e. The molecule has 0 atom stereocenters. The van der Waals surface area contributed by atoms with E-state index in [1.165, 1.54) is 5.56 Å². The van der Waals surface area contributed by atoms with Crippen molar-refractivity contribution in [2.24, 2.45) is 5.73 Å². The van der Waals surface area contributed by atoms with Crippen LogP contribution < -0.4 is 15.2 Å². The average Bonchev–Trinajstić information content (AvgIpc) is 2.53. The highest BCUT2D eigenvalue weighted by atomic mass is 16.5. The number of rotatable bonds is 2. The van der Waals surface area contributed by atoms with Gasteiger partial charge in [0.05, 0.1) is 13.2 Å². The van der Waals surface area contributed by atoms with Crippen molar-refractivity contribution in [2.45, 2.75) is 25.7 Å². The third-order valence-electron chi connectivity index (χ3n) is 3.04. The van der Waals surface area contributed by atoms with Crippen LogP contribution in [0.1, 0.15) is 25.8 Å². The van der Waals surface area contributed by atoms with Gasteiger partial charge in [0.25, 0.3) is 0 Å². The van der Waals surface area contributed by atoms with Crippen molar-refractivity contribution >= 4 is 0 Å². The van der Waals surface area contributed by atoms with Crippen LogP contribution in [-0.2, 0) is 5.41 Å². The quantitative estimate of drug-likeness (QED) is 0.831. The van der Waals surface area contributed by atoms with Gasteiger partial charge in [-0.05, 0) is 17.7 Å². The maximum Gasteiger partial charge on any atom is 0.161 e. The molecule has 0 amide bonds. The van der Waals surface area contributed by atoms with Crippen LogP contribution in [0, 0.1) is 0 Å². The van der Waals surface area contributed by atoms with Gasteiger partial charge >= 0.3 is 0 Å². The highest BCUT2D eigenvalue weighted by Gasteiger charge is 2.21. The molecule has 0 spiro atoms. The van der Waals surface area contributed by atoms with Gasteiger partial charge in [0.2, 0.25) is 0 Å². The predicted molar refractivity (Wildman–Crippen MR) is 64.1 cm³/mol. The molecule has 2 rings (SSSR count). The first-order valence-electron chi connectivity index (χ1n) is 5.74. The minimum atomic E-state index is -0.0231. The molecule has 0 saturated carbocycles. The molecule has 3 nitrogen and oxygen atoms in total. The summed E-state index contributed by atoms with van der Waals surface area (Å²) in [6, 6.07) is 6.10. The van der Waals surface area contributed by atoms with Gasteiger partial charge in [-0.2, -0.15) is 0 Å². The summed E-state index contributed by atoms with van der Waals surface area (Å²) in [6.07, 6.45) is 0.935. The van der Waals surface area contributed by atoms with E-state index < -0.39 is 0 Å². The van der Waals surface area contributed by atoms with Crippen molar-refractivity contribution in [1.29, 1.82) is 0 Å². The minimum absolute atomic E-state index is 0.0231. The van der Waals surface area contributed by atoms with Crippen LogP contribution in [-0.4, -0.2) is 19.8 Å². The maximum absolute atomic E-state index is 5.77. The molecule has 0 aromatic heterocycles. The van der Waals surface area contributed by atoms with Crippen LogP contribution in [0.3, 0.4) is 0 Å². The molecule has 2 N–H and O–H groups in total. The van der Waals surface area contributed by atoms with E-state index in [0.717, 1.165) is 31.1 Å². The number of ether oxygens (including phenoxy) is 2. The monoisotopic (exact) mass is 221 g/mol. The molecule has 0 bridgehead atoms. The standard InChI is InChI=1S/C13H19NO2/c1-13(2,9-14)10-4-5-11-12(8-10)16-7-3-6-15-11/h4-5,8H,3,6-7,9,14H2,1-2H3. The van der Waals surface area contributed by atoms with Gasteiger partial charge in [-0.3, -0.25) is 0 Å². The van der Waals surface area contributed by atoms with Crippen molar-refractivity contribution in [3.8, 4) is 11.5 Å². The van der Waals surface area contributed by atoms with E-state index >= 15 is 0 Å². The summed E-state index contributed by atoms with van der Waals surface area (Å²) in [5.41, 5.74) is 6.94. The van der Waals surface area contributed by atoms with Crippen molar-refractivity contribution in [1.82, 2.24) is 0 Å². The van der Waals surface area contributed by atoms with E-state index in [2.05, 4.69) is 19.9 Å². The number of fused-ring (bicyclic) bond motifs is 1. The van der Waals surface area contributed by atoms with Gasteiger partial charge < -0.3 is 15.2 Å². The third-order valence-corrected chi connectivity index (χ3v) is 3.04. The first-order chi connectivity index (χ1) is 7.63. The molecule has 1 aromatic carbocycles. The van der Waals surface area contributed by atoms with Gasteiger partial charge in [0.1, 0.15) is 0 Å². The lowest BCUT2D eigenvalue weighted by atomic mass is 9.85. The molecule has 1 heterocycles.